The van der Waals surface area contributed by atoms with Crippen LogP contribution >= 0.6 is 27.3 Å². The first kappa shape index (κ1) is 13.7. The van der Waals surface area contributed by atoms with E-state index in [1.807, 2.05) is 0 Å². The van der Waals surface area contributed by atoms with Crippen molar-refractivity contribution in [1.29, 1.82) is 0 Å². The molecule has 0 saturated carbocycles. The number of ether oxygens (including phenoxy) is 1. The first-order chi connectivity index (χ1) is 9.02. The third-order valence-corrected chi connectivity index (χ3v) is 3.82. The normalized spacial score (nSPS) is 10.4. The fourth-order valence-electron chi connectivity index (χ4n) is 1.50. The summed E-state index contributed by atoms with van der Waals surface area (Å²) in [4.78, 5) is 22.1. The molecule has 0 atom stereocenters. The number of hydrogen-bond donors (Lipinski definition) is 0. The molecule has 0 aliphatic heterocycles. The number of esters is 1. The molecule has 0 aromatic carbocycles. The van der Waals surface area contributed by atoms with Crippen molar-refractivity contribution in [2.24, 2.45) is 0 Å². The molecule has 2 aromatic rings. The lowest BCUT2D eigenvalue weighted by Gasteiger charge is -1.99. The number of thiophene rings is 1. The van der Waals surface area contributed by atoms with Crippen molar-refractivity contribution < 1.29 is 14.5 Å². The lowest BCUT2D eigenvalue weighted by atomic mass is 10.2. The second-order valence-electron chi connectivity index (χ2n) is 3.52. The van der Waals surface area contributed by atoms with Gasteiger partial charge in [-0.05, 0) is 32.3 Å². The van der Waals surface area contributed by atoms with Gasteiger partial charge in [0.2, 0.25) is 0 Å². The fourth-order valence-corrected chi connectivity index (χ4v) is 2.79. The number of rotatable bonds is 4. The van der Waals surface area contributed by atoms with Crippen LogP contribution in [-0.4, -0.2) is 27.8 Å². The molecule has 0 aliphatic carbocycles. The molecule has 0 spiro atoms. The van der Waals surface area contributed by atoms with Gasteiger partial charge in [0.1, 0.15) is 9.35 Å². The smallest absolute Gasteiger partial charge is 0.404 e. The largest absolute Gasteiger partial charge is 0.465 e. The number of nitrogens with zero attached hydrogens (tertiary/aromatic N) is 3. The third kappa shape index (κ3) is 2.82. The van der Waals surface area contributed by atoms with Gasteiger partial charge in [0.15, 0.2) is 0 Å². The maximum absolute atomic E-state index is 11.5. The van der Waals surface area contributed by atoms with Crippen LogP contribution in [0.4, 0.5) is 5.82 Å². The van der Waals surface area contributed by atoms with Crippen LogP contribution in [0.1, 0.15) is 15.2 Å². The Hall–Kier alpha value is -1.74. The summed E-state index contributed by atoms with van der Waals surface area (Å²) in [6, 6.07) is 1.76. The van der Waals surface area contributed by atoms with E-state index in [1.54, 1.807) is 11.4 Å². The Bertz CT molecular complexity index is 637. The molecule has 19 heavy (non-hydrogen) atoms. The molecule has 0 aliphatic rings. The second kappa shape index (κ2) is 5.49. The van der Waals surface area contributed by atoms with Crippen molar-refractivity contribution in [3.05, 3.63) is 42.7 Å². The maximum Gasteiger partial charge on any atom is 0.404 e. The molecule has 0 bridgehead atoms. The Balaban J connectivity index is 2.27. The van der Waals surface area contributed by atoms with Gasteiger partial charge in [0.25, 0.3) is 0 Å². The Morgan fingerprint density at radius 3 is 3.00 bits per heavy atom. The van der Waals surface area contributed by atoms with E-state index in [9.17, 15) is 14.9 Å². The minimum atomic E-state index is -0.574. The first-order valence-electron chi connectivity index (χ1n) is 5.05. The summed E-state index contributed by atoms with van der Waals surface area (Å²) in [6.45, 7) is 0.264. The fraction of sp³-hybridized carbons (Fsp3) is 0.200. The standard InChI is InChI=1S/C10H8BrN3O4S/c1-18-10(15)8-6(2-3-19-8)4-13-5-7(11)9(12-13)14(16)17/h2-3,5H,4H2,1H3. The molecule has 2 rings (SSSR count). The Morgan fingerprint density at radius 1 is 1.68 bits per heavy atom. The maximum atomic E-state index is 11.5. The number of hydrogen-bond acceptors (Lipinski definition) is 6. The number of carbonyl (C=O) groups is 1. The number of carbonyl (C=O) groups excluding carboxylic acids is 1. The van der Waals surface area contributed by atoms with Crippen molar-refractivity contribution in [3.8, 4) is 0 Å². The molecular formula is C10H8BrN3O4S. The van der Waals surface area contributed by atoms with Crippen molar-refractivity contribution in [1.82, 2.24) is 9.78 Å². The van der Waals surface area contributed by atoms with Crippen LogP contribution in [-0.2, 0) is 11.3 Å². The van der Waals surface area contributed by atoms with Gasteiger partial charge in [-0.1, -0.05) is 0 Å². The molecule has 0 fully saturated rings. The highest BCUT2D eigenvalue weighted by molar-refractivity contribution is 9.10. The summed E-state index contributed by atoms with van der Waals surface area (Å²) in [7, 11) is 1.31. The van der Waals surface area contributed by atoms with Gasteiger partial charge >= 0.3 is 11.8 Å². The second-order valence-corrected chi connectivity index (χ2v) is 5.29. The molecular weight excluding hydrogens is 338 g/mol. The van der Waals surface area contributed by atoms with E-state index in [1.165, 1.54) is 29.3 Å². The van der Waals surface area contributed by atoms with Crippen LogP contribution in [0.5, 0.6) is 0 Å². The van der Waals surface area contributed by atoms with E-state index < -0.39 is 10.9 Å². The highest BCUT2D eigenvalue weighted by atomic mass is 79.9. The molecule has 9 heteroatoms. The lowest BCUT2D eigenvalue weighted by Crippen LogP contribution is -2.06. The average molecular weight is 346 g/mol. The van der Waals surface area contributed by atoms with E-state index in [-0.39, 0.29) is 12.4 Å². The molecule has 0 radical (unpaired) electrons. The molecule has 0 amide bonds. The molecule has 0 N–H and O–H groups in total. The predicted octanol–water partition coefficient (Wildman–Crippen LogP) is 2.45. The van der Waals surface area contributed by atoms with Gasteiger partial charge < -0.3 is 14.9 Å². The zero-order valence-electron chi connectivity index (χ0n) is 9.70. The molecule has 2 aromatic heterocycles. The minimum absolute atomic E-state index is 0.255. The monoisotopic (exact) mass is 345 g/mol. The number of halogens is 1. The summed E-state index contributed by atoms with van der Waals surface area (Å²) in [5, 5.41) is 16.3. The first-order valence-corrected chi connectivity index (χ1v) is 6.72. The zero-order chi connectivity index (χ0) is 14.0. The summed E-state index contributed by atoms with van der Waals surface area (Å²) in [5.41, 5.74) is 0.710. The van der Waals surface area contributed by atoms with E-state index in [4.69, 9.17) is 0 Å². The summed E-state index contributed by atoms with van der Waals surface area (Å²) < 4.78 is 6.36. The number of nitro groups is 1. The van der Waals surface area contributed by atoms with Gasteiger partial charge in [0.05, 0.1) is 25.0 Å². The van der Waals surface area contributed by atoms with Crippen molar-refractivity contribution in [2.75, 3.05) is 7.11 Å². The Labute approximate surface area is 120 Å². The highest BCUT2D eigenvalue weighted by Crippen LogP contribution is 2.24. The van der Waals surface area contributed by atoms with Crippen LogP contribution in [0.25, 0.3) is 0 Å². The van der Waals surface area contributed by atoms with Crippen LogP contribution in [0, 0.1) is 10.1 Å². The van der Waals surface area contributed by atoms with Gasteiger partial charge in [-0.25, -0.2) is 4.79 Å². The van der Waals surface area contributed by atoms with E-state index in [2.05, 4.69) is 25.8 Å². The Kier molecular flexibility index (Phi) is 3.96. The SMILES string of the molecule is COC(=O)c1sccc1Cn1cc(Br)c([N+](=O)[O-])n1. The molecule has 2 heterocycles. The molecule has 0 saturated heterocycles. The van der Waals surface area contributed by atoms with Crippen molar-refractivity contribution in [3.63, 3.8) is 0 Å². The predicted molar refractivity (Wildman–Crippen MR) is 71.3 cm³/mol. The van der Waals surface area contributed by atoms with E-state index in [0.29, 0.717) is 14.9 Å². The molecule has 100 valence electrons. The van der Waals surface area contributed by atoms with Gasteiger partial charge in [0, 0.05) is 5.56 Å². The number of methoxy groups -OCH3 is 1. The van der Waals surface area contributed by atoms with Gasteiger partial charge in [-0.2, -0.15) is 4.68 Å². The van der Waals surface area contributed by atoms with E-state index >= 15 is 0 Å². The summed E-state index contributed by atoms with van der Waals surface area (Å²) in [6.07, 6.45) is 1.50. The molecule has 0 unspecified atom stereocenters. The van der Waals surface area contributed by atoms with Crippen LogP contribution < -0.4 is 0 Å². The van der Waals surface area contributed by atoms with Gasteiger partial charge in [-0.15, -0.1) is 11.3 Å². The molecule has 7 nitrogen and oxygen atoms in total. The van der Waals surface area contributed by atoms with Crippen LogP contribution in [0.2, 0.25) is 0 Å². The quantitative estimate of drug-likeness (QED) is 0.482. The van der Waals surface area contributed by atoms with Crippen LogP contribution in [0.3, 0.4) is 0 Å². The number of aromatic nitrogens is 2. The summed E-state index contributed by atoms with van der Waals surface area (Å²) >= 11 is 4.33. The lowest BCUT2D eigenvalue weighted by molar-refractivity contribution is -0.390. The minimum Gasteiger partial charge on any atom is -0.465 e. The van der Waals surface area contributed by atoms with Gasteiger partial charge in [-0.3, -0.25) is 0 Å². The average Bonchev–Trinajstić information content (AvgIpc) is 2.95. The highest BCUT2D eigenvalue weighted by Gasteiger charge is 2.20. The van der Waals surface area contributed by atoms with E-state index in [0.717, 1.165) is 0 Å². The van der Waals surface area contributed by atoms with Crippen molar-refractivity contribution in [2.45, 2.75) is 6.54 Å². The Morgan fingerprint density at radius 2 is 2.42 bits per heavy atom. The van der Waals surface area contributed by atoms with Crippen molar-refractivity contribution >= 4 is 39.1 Å². The topological polar surface area (TPSA) is 87.3 Å². The zero-order valence-corrected chi connectivity index (χ0v) is 12.1. The summed E-state index contributed by atoms with van der Waals surface area (Å²) in [5.74, 6) is -0.680. The third-order valence-electron chi connectivity index (χ3n) is 2.32. The van der Waals surface area contributed by atoms with Crippen LogP contribution in [0.15, 0.2) is 22.1 Å².